The minimum atomic E-state index is -2.85. The molecule has 0 radical (unpaired) electrons. The Morgan fingerprint density at radius 2 is 1.84 bits per heavy atom. The zero-order chi connectivity index (χ0) is 18.0. The summed E-state index contributed by atoms with van der Waals surface area (Å²) in [6.07, 6.45) is 0. The predicted molar refractivity (Wildman–Crippen MR) is 93.0 cm³/mol. The molecule has 2 aromatic carbocycles. The molecule has 0 spiro atoms. The monoisotopic (exact) mass is 343 g/mol. The van der Waals surface area contributed by atoms with Gasteiger partial charge in [0.25, 0.3) is 5.92 Å². The molecular formula is C18H19F2N5. The van der Waals surface area contributed by atoms with E-state index in [1.54, 1.807) is 12.1 Å². The second kappa shape index (κ2) is 6.58. The smallest absolute Gasteiger partial charge is 0.270 e. The molecule has 0 atom stereocenters. The standard InChI is InChI=1S/C18H19F2N5/c1-4-25-23-17(22-24-25)15-11-12(2)5-10-16(15)21-14-8-6-13(7-9-14)18(3,19)20/h5-11,21H,4H2,1-3H3. The molecule has 0 saturated heterocycles. The van der Waals surface area contributed by atoms with Crippen LogP contribution in [0.4, 0.5) is 20.2 Å². The van der Waals surface area contributed by atoms with Crippen LogP contribution in [-0.2, 0) is 12.5 Å². The van der Waals surface area contributed by atoms with Crippen molar-refractivity contribution in [3.05, 3.63) is 53.6 Å². The summed E-state index contributed by atoms with van der Waals surface area (Å²) in [5.74, 6) is -2.33. The van der Waals surface area contributed by atoms with Crippen LogP contribution >= 0.6 is 0 Å². The lowest BCUT2D eigenvalue weighted by Gasteiger charge is -2.13. The number of aryl methyl sites for hydroxylation is 2. The number of hydrogen-bond donors (Lipinski definition) is 1. The number of hydrogen-bond acceptors (Lipinski definition) is 4. The van der Waals surface area contributed by atoms with Gasteiger partial charge in [-0.15, -0.1) is 10.2 Å². The number of alkyl halides is 2. The first-order valence-electron chi connectivity index (χ1n) is 8.01. The van der Waals surface area contributed by atoms with Crippen LogP contribution < -0.4 is 5.32 Å². The first kappa shape index (κ1) is 17.0. The number of halogens is 2. The Hall–Kier alpha value is -2.83. The van der Waals surface area contributed by atoms with Gasteiger partial charge in [0.05, 0.1) is 6.54 Å². The molecule has 0 fully saturated rings. The maximum Gasteiger partial charge on any atom is 0.270 e. The Morgan fingerprint density at radius 3 is 2.44 bits per heavy atom. The third-order valence-corrected chi connectivity index (χ3v) is 3.82. The molecule has 0 amide bonds. The van der Waals surface area contributed by atoms with Gasteiger partial charge in [-0.05, 0) is 43.3 Å². The van der Waals surface area contributed by atoms with Crippen LogP contribution in [0.2, 0.25) is 0 Å². The van der Waals surface area contributed by atoms with E-state index in [0.717, 1.165) is 23.7 Å². The fraction of sp³-hybridized carbons (Fsp3) is 0.278. The molecule has 0 aliphatic carbocycles. The van der Waals surface area contributed by atoms with Gasteiger partial charge in [0.1, 0.15) is 0 Å². The lowest BCUT2D eigenvalue weighted by Crippen LogP contribution is -2.06. The highest BCUT2D eigenvalue weighted by atomic mass is 19.3. The van der Waals surface area contributed by atoms with Crippen molar-refractivity contribution in [1.82, 2.24) is 20.2 Å². The fourth-order valence-corrected chi connectivity index (χ4v) is 2.44. The first-order valence-corrected chi connectivity index (χ1v) is 8.01. The molecule has 7 heteroatoms. The van der Waals surface area contributed by atoms with Crippen molar-refractivity contribution in [2.24, 2.45) is 0 Å². The van der Waals surface area contributed by atoms with Crippen molar-refractivity contribution < 1.29 is 8.78 Å². The second-order valence-corrected chi connectivity index (χ2v) is 5.94. The zero-order valence-corrected chi connectivity index (χ0v) is 14.3. The summed E-state index contributed by atoms with van der Waals surface area (Å²) in [5, 5.41) is 15.7. The summed E-state index contributed by atoms with van der Waals surface area (Å²) in [7, 11) is 0. The summed E-state index contributed by atoms with van der Waals surface area (Å²) in [5.41, 5.74) is 3.35. The van der Waals surface area contributed by atoms with Crippen molar-refractivity contribution in [3.63, 3.8) is 0 Å². The Balaban J connectivity index is 1.92. The third kappa shape index (κ3) is 3.81. The van der Waals surface area contributed by atoms with Crippen molar-refractivity contribution in [1.29, 1.82) is 0 Å². The average Bonchev–Trinajstić information content (AvgIpc) is 3.05. The van der Waals surface area contributed by atoms with Gasteiger partial charge in [0.15, 0.2) is 0 Å². The van der Waals surface area contributed by atoms with Gasteiger partial charge in [0, 0.05) is 29.4 Å². The highest BCUT2D eigenvalue weighted by molar-refractivity contribution is 5.78. The van der Waals surface area contributed by atoms with Gasteiger partial charge in [-0.2, -0.15) is 4.80 Å². The van der Waals surface area contributed by atoms with Crippen LogP contribution in [0.15, 0.2) is 42.5 Å². The van der Waals surface area contributed by atoms with Crippen molar-refractivity contribution in [3.8, 4) is 11.4 Å². The summed E-state index contributed by atoms with van der Waals surface area (Å²) in [4.78, 5) is 1.51. The molecule has 1 N–H and O–H groups in total. The van der Waals surface area contributed by atoms with E-state index in [0.29, 0.717) is 18.1 Å². The lowest BCUT2D eigenvalue weighted by atomic mass is 10.1. The van der Waals surface area contributed by atoms with E-state index >= 15 is 0 Å². The molecule has 1 aromatic heterocycles. The number of nitrogens with one attached hydrogen (secondary N) is 1. The van der Waals surface area contributed by atoms with Crippen LogP contribution in [-0.4, -0.2) is 20.2 Å². The maximum absolute atomic E-state index is 13.3. The van der Waals surface area contributed by atoms with E-state index < -0.39 is 5.92 Å². The molecule has 5 nitrogen and oxygen atoms in total. The predicted octanol–water partition coefficient (Wildman–Crippen LogP) is 4.52. The minimum absolute atomic E-state index is 0.0188. The van der Waals surface area contributed by atoms with Gasteiger partial charge >= 0.3 is 0 Å². The molecular weight excluding hydrogens is 324 g/mol. The quantitative estimate of drug-likeness (QED) is 0.740. The van der Waals surface area contributed by atoms with Crippen molar-refractivity contribution in [2.75, 3.05) is 5.32 Å². The van der Waals surface area contributed by atoms with E-state index in [2.05, 4.69) is 20.7 Å². The van der Waals surface area contributed by atoms with Crippen LogP contribution in [0, 0.1) is 6.92 Å². The molecule has 3 aromatic rings. The lowest BCUT2D eigenvalue weighted by molar-refractivity contribution is 0.0175. The highest BCUT2D eigenvalue weighted by Gasteiger charge is 2.23. The molecule has 0 unspecified atom stereocenters. The molecule has 0 aliphatic heterocycles. The van der Waals surface area contributed by atoms with Gasteiger partial charge in [-0.25, -0.2) is 8.78 Å². The topological polar surface area (TPSA) is 55.6 Å². The van der Waals surface area contributed by atoms with Crippen LogP contribution in [0.3, 0.4) is 0 Å². The summed E-state index contributed by atoms with van der Waals surface area (Å²) in [6, 6.07) is 11.9. The SMILES string of the molecule is CCn1nnc(-c2cc(C)ccc2Nc2ccc(C(C)(F)F)cc2)n1. The molecule has 0 aliphatic rings. The number of aromatic nitrogens is 4. The average molecular weight is 343 g/mol. The minimum Gasteiger partial charge on any atom is -0.355 e. The van der Waals surface area contributed by atoms with Crippen LogP contribution in [0.1, 0.15) is 25.0 Å². The van der Waals surface area contributed by atoms with Gasteiger partial charge in [-0.1, -0.05) is 23.8 Å². The Kier molecular flexibility index (Phi) is 4.48. The number of anilines is 2. The van der Waals surface area contributed by atoms with Gasteiger partial charge < -0.3 is 5.32 Å². The van der Waals surface area contributed by atoms with Crippen molar-refractivity contribution >= 4 is 11.4 Å². The summed E-state index contributed by atoms with van der Waals surface area (Å²) >= 11 is 0. The van der Waals surface area contributed by atoms with E-state index in [1.807, 2.05) is 32.0 Å². The first-order chi connectivity index (χ1) is 11.9. The molecule has 130 valence electrons. The van der Waals surface area contributed by atoms with Crippen molar-refractivity contribution in [2.45, 2.75) is 33.2 Å². The highest BCUT2D eigenvalue weighted by Crippen LogP contribution is 2.31. The van der Waals surface area contributed by atoms with Gasteiger partial charge in [-0.3, -0.25) is 0 Å². The second-order valence-electron chi connectivity index (χ2n) is 5.94. The normalized spacial score (nSPS) is 11.6. The third-order valence-electron chi connectivity index (χ3n) is 3.82. The van der Waals surface area contributed by atoms with E-state index in [4.69, 9.17) is 0 Å². The van der Waals surface area contributed by atoms with E-state index in [-0.39, 0.29) is 5.56 Å². The molecule has 0 saturated carbocycles. The number of nitrogens with zero attached hydrogens (tertiary/aromatic N) is 4. The maximum atomic E-state index is 13.3. The zero-order valence-electron chi connectivity index (χ0n) is 14.3. The Morgan fingerprint density at radius 1 is 1.12 bits per heavy atom. The molecule has 1 heterocycles. The number of rotatable bonds is 5. The van der Waals surface area contributed by atoms with Gasteiger partial charge in [0.2, 0.25) is 5.82 Å². The number of tetrazole rings is 1. The molecule has 0 bridgehead atoms. The summed E-state index contributed by atoms with van der Waals surface area (Å²) < 4.78 is 26.7. The largest absolute Gasteiger partial charge is 0.355 e. The van der Waals surface area contributed by atoms with E-state index in [1.165, 1.54) is 16.9 Å². The molecule has 25 heavy (non-hydrogen) atoms. The Bertz CT molecular complexity index is 866. The number of benzene rings is 2. The summed E-state index contributed by atoms with van der Waals surface area (Å²) in [6.45, 7) is 5.44. The Labute approximate surface area is 144 Å². The van der Waals surface area contributed by atoms with E-state index in [9.17, 15) is 8.78 Å². The fourth-order valence-electron chi connectivity index (χ4n) is 2.44. The van der Waals surface area contributed by atoms with Crippen LogP contribution in [0.5, 0.6) is 0 Å². The van der Waals surface area contributed by atoms with Crippen LogP contribution in [0.25, 0.3) is 11.4 Å². The molecule has 3 rings (SSSR count).